The highest BCUT2D eigenvalue weighted by molar-refractivity contribution is 5.21. The van der Waals surface area contributed by atoms with Crippen molar-refractivity contribution in [2.45, 2.75) is 12.5 Å². The molecule has 0 amide bonds. The molecule has 15 heavy (non-hydrogen) atoms. The van der Waals surface area contributed by atoms with Crippen LogP contribution in [-0.4, -0.2) is 0 Å². The van der Waals surface area contributed by atoms with E-state index in [9.17, 15) is 0 Å². The molecule has 0 aromatic heterocycles. The van der Waals surface area contributed by atoms with E-state index in [0.717, 1.165) is 6.42 Å². The van der Waals surface area contributed by atoms with Gasteiger partial charge in [0.05, 0.1) is 0 Å². The fourth-order valence-corrected chi connectivity index (χ4v) is 1.74. The van der Waals surface area contributed by atoms with Crippen LogP contribution in [-0.2, 0) is 6.42 Å². The van der Waals surface area contributed by atoms with Crippen LogP contribution in [0.25, 0.3) is 0 Å². The van der Waals surface area contributed by atoms with Gasteiger partial charge in [-0.2, -0.15) is 0 Å². The first-order chi connectivity index (χ1) is 7.36. The van der Waals surface area contributed by atoms with Crippen LogP contribution in [0.3, 0.4) is 0 Å². The monoisotopic (exact) mass is 198 g/mol. The molecule has 0 aliphatic carbocycles. The molecule has 0 aliphatic rings. The molecule has 2 aromatic rings. The Morgan fingerprint density at radius 3 is 1.93 bits per heavy atom. The summed E-state index contributed by atoms with van der Waals surface area (Å²) in [4.78, 5) is 0. The maximum atomic E-state index is 4.20. The Bertz CT molecular complexity index is 394. The Morgan fingerprint density at radius 2 is 1.33 bits per heavy atom. The van der Waals surface area contributed by atoms with E-state index < -0.39 is 0 Å². The van der Waals surface area contributed by atoms with Crippen LogP contribution in [0.15, 0.2) is 60.7 Å². The van der Waals surface area contributed by atoms with Crippen LogP contribution < -0.4 is 5.73 Å². The smallest absolute Gasteiger partial charge is 0.114 e. The second-order valence-corrected chi connectivity index (χ2v) is 3.80. The highest BCUT2D eigenvalue weighted by Gasteiger charge is 2.08. The molecule has 3 N–H and O–H groups in total. The van der Waals surface area contributed by atoms with E-state index in [0.29, 0.717) is 6.04 Å². The quantitative estimate of drug-likeness (QED) is 0.783. The van der Waals surface area contributed by atoms with Gasteiger partial charge in [-0.05, 0) is 5.56 Å². The van der Waals surface area contributed by atoms with Crippen LogP contribution in [0, 0.1) is 0 Å². The predicted molar refractivity (Wildman–Crippen MR) is 62.2 cm³/mol. The minimum atomic E-state index is 0.341. The standard InChI is InChI=1S/C14H15N/c15-14(13-9-5-2-6-10-13)11-12-7-3-1-4-8-12/h1-10,14H,11,15H2/p+1/t14-/m0/s1. The summed E-state index contributed by atoms with van der Waals surface area (Å²) in [5.74, 6) is 0. The molecule has 0 aliphatic heterocycles. The number of hydrogen-bond acceptors (Lipinski definition) is 0. The molecule has 2 rings (SSSR count). The summed E-state index contributed by atoms with van der Waals surface area (Å²) in [7, 11) is 0. The molecule has 0 bridgehead atoms. The third kappa shape index (κ3) is 2.67. The molecular formula is C14H16N+. The normalized spacial score (nSPS) is 12.3. The molecule has 2 aromatic carbocycles. The molecule has 76 valence electrons. The molecule has 0 heterocycles. The lowest BCUT2D eigenvalue weighted by Crippen LogP contribution is -2.54. The number of benzene rings is 2. The fourth-order valence-electron chi connectivity index (χ4n) is 1.74. The summed E-state index contributed by atoms with van der Waals surface area (Å²) >= 11 is 0. The molecule has 0 saturated heterocycles. The second-order valence-electron chi connectivity index (χ2n) is 3.80. The van der Waals surface area contributed by atoms with Gasteiger partial charge in [-0.1, -0.05) is 60.7 Å². The minimum Gasteiger partial charge on any atom is -0.351 e. The molecular weight excluding hydrogens is 182 g/mol. The minimum absolute atomic E-state index is 0.341. The van der Waals surface area contributed by atoms with Crippen molar-refractivity contribution in [3.63, 3.8) is 0 Å². The topological polar surface area (TPSA) is 27.6 Å². The van der Waals surface area contributed by atoms with Crippen LogP contribution in [0.1, 0.15) is 17.2 Å². The summed E-state index contributed by atoms with van der Waals surface area (Å²) in [6, 6.07) is 21.3. The maximum absolute atomic E-state index is 4.20. The molecule has 0 saturated carbocycles. The first-order valence-corrected chi connectivity index (χ1v) is 5.28. The molecule has 1 atom stereocenters. The third-order valence-electron chi connectivity index (χ3n) is 2.60. The molecule has 0 spiro atoms. The zero-order valence-electron chi connectivity index (χ0n) is 8.77. The van der Waals surface area contributed by atoms with Crippen molar-refractivity contribution in [2.75, 3.05) is 0 Å². The van der Waals surface area contributed by atoms with Crippen LogP contribution >= 0.6 is 0 Å². The second kappa shape index (κ2) is 4.76. The van der Waals surface area contributed by atoms with Gasteiger partial charge in [-0.3, -0.25) is 0 Å². The maximum Gasteiger partial charge on any atom is 0.114 e. The Balaban J connectivity index is 2.08. The molecule has 0 unspecified atom stereocenters. The lowest BCUT2D eigenvalue weighted by molar-refractivity contribution is -0.426. The van der Waals surface area contributed by atoms with Crippen molar-refractivity contribution in [3.05, 3.63) is 71.8 Å². The number of rotatable bonds is 3. The molecule has 1 heteroatoms. The van der Waals surface area contributed by atoms with E-state index in [1.54, 1.807) is 0 Å². The van der Waals surface area contributed by atoms with Gasteiger partial charge in [0.2, 0.25) is 0 Å². The summed E-state index contributed by atoms with van der Waals surface area (Å²) in [6.45, 7) is 0. The average molecular weight is 198 g/mol. The van der Waals surface area contributed by atoms with E-state index >= 15 is 0 Å². The Kier molecular flexibility index (Phi) is 3.15. The van der Waals surface area contributed by atoms with Gasteiger partial charge < -0.3 is 5.73 Å². The largest absolute Gasteiger partial charge is 0.351 e. The van der Waals surface area contributed by atoms with Gasteiger partial charge in [0.1, 0.15) is 6.04 Å². The number of quaternary nitrogens is 1. The van der Waals surface area contributed by atoms with E-state index in [-0.39, 0.29) is 0 Å². The first kappa shape index (κ1) is 9.94. The molecule has 1 nitrogen and oxygen atoms in total. The van der Waals surface area contributed by atoms with Crippen molar-refractivity contribution in [1.29, 1.82) is 0 Å². The van der Waals surface area contributed by atoms with Crippen molar-refractivity contribution >= 4 is 0 Å². The van der Waals surface area contributed by atoms with E-state index in [1.807, 2.05) is 12.1 Å². The van der Waals surface area contributed by atoms with Crippen molar-refractivity contribution in [2.24, 2.45) is 0 Å². The zero-order valence-corrected chi connectivity index (χ0v) is 8.77. The van der Waals surface area contributed by atoms with E-state index in [2.05, 4.69) is 54.3 Å². The Labute approximate surface area is 90.6 Å². The lowest BCUT2D eigenvalue weighted by atomic mass is 10.00. The Morgan fingerprint density at radius 1 is 0.800 bits per heavy atom. The van der Waals surface area contributed by atoms with Gasteiger partial charge in [-0.15, -0.1) is 0 Å². The van der Waals surface area contributed by atoms with Crippen LogP contribution in [0.2, 0.25) is 0 Å². The van der Waals surface area contributed by atoms with Crippen molar-refractivity contribution < 1.29 is 5.73 Å². The first-order valence-electron chi connectivity index (χ1n) is 5.28. The van der Waals surface area contributed by atoms with Gasteiger partial charge in [0, 0.05) is 12.0 Å². The Hall–Kier alpha value is -1.60. The molecule has 0 fully saturated rings. The highest BCUT2D eigenvalue weighted by atomic mass is 14.6. The summed E-state index contributed by atoms with van der Waals surface area (Å²) in [5, 5.41) is 0. The fraction of sp³-hybridized carbons (Fsp3) is 0.143. The van der Waals surface area contributed by atoms with Crippen molar-refractivity contribution in [3.8, 4) is 0 Å². The van der Waals surface area contributed by atoms with Gasteiger partial charge in [-0.25, -0.2) is 0 Å². The van der Waals surface area contributed by atoms with Gasteiger partial charge in [0.25, 0.3) is 0 Å². The van der Waals surface area contributed by atoms with Gasteiger partial charge >= 0.3 is 0 Å². The summed E-state index contributed by atoms with van der Waals surface area (Å²) in [5.41, 5.74) is 6.86. The predicted octanol–water partition coefficient (Wildman–Crippen LogP) is 2.21. The van der Waals surface area contributed by atoms with E-state index in [4.69, 9.17) is 0 Å². The van der Waals surface area contributed by atoms with Crippen LogP contribution in [0.5, 0.6) is 0 Å². The number of hydrogen-bond donors (Lipinski definition) is 1. The van der Waals surface area contributed by atoms with Gasteiger partial charge in [0.15, 0.2) is 0 Å². The SMILES string of the molecule is [NH3+][C@@H](Cc1ccccc1)c1ccccc1. The molecule has 0 radical (unpaired) electrons. The van der Waals surface area contributed by atoms with Crippen LogP contribution in [0.4, 0.5) is 0 Å². The van der Waals surface area contributed by atoms with E-state index in [1.165, 1.54) is 11.1 Å². The van der Waals surface area contributed by atoms with Crippen molar-refractivity contribution in [1.82, 2.24) is 0 Å². The lowest BCUT2D eigenvalue weighted by Gasteiger charge is -2.08. The zero-order chi connectivity index (χ0) is 10.5. The summed E-state index contributed by atoms with van der Waals surface area (Å²) in [6.07, 6.45) is 1.00. The average Bonchev–Trinajstić information content (AvgIpc) is 2.31. The highest BCUT2D eigenvalue weighted by Crippen LogP contribution is 2.13. The third-order valence-corrected chi connectivity index (χ3v) is 2.60. The summed E-state index contributed by atoms with van der Waals surface area (Å²) < 4.78 is 0.